The van der Waals surface area contributed by atoms with Crippen LogP contribution in [0.5, 0.6) is 11.5 Å². The molecule has 8 heteroatoms. The summed E-state index contributed by atoms with van der Waals surface area (Å²) in [6.07, 6.45) is 0. The number of hydrogen-bond donors (Lipinski definition) is 2. The van der Waals surface area contributed by atoms with E-state index in [0.29, 0.717) is 22.7 Å². The van der Waals surface area contributed by atoms with Crippen LogP contribution >= 0.6 is 0 Å². The van der Waals surface area contributed by atoms with E-state index >= 15 is 0 Å². The molecule has 2 aromatic carbocycles. The van der Waals surface area contributed by atoms with E-state index < -0.39 is 24.4 Å². The zero-order valence-electron chi connectivity index (χ0n) is 15.9. The SMILES string of the molecule is COc1ccc(C)cc1NC(=O)COC(=O)CNC(=O)c1ccccc1OC. The molecule has 0 aliphatic rings. The predicted octanol–water partition coefficient (Wildman–Crippen LogP) is 1.92. The van der Waals surface area contributed by atoms with Crippen molar-refractivity contribution in [3.8, 4) is 11.5 Å². The summed E-state index contributed by atoms with van der Waals surface area (Å²) in [4.78, 5) is 35.9. The highest BCUT2D eigenvalue weighted by atomic mass is 16.5. The van der Waals surface area contributed by atoms with Gasteiger partial charge >= 0.3 is 5.97 Å². The van der Waals surface area contributed by atoms with Gasteiger partial charge in [0.1, 0.15) is 18.0 Å². The topological polar surface area (TPSA) is 103 Å². The van der Waals surface area contributed by atoms with Crippen LogP contribution in [0.25, 0.3) is 0 Å². The second-order valence-electron chi connectivity index (χ2n) is 5.80. The van der Waals surface area contributed by atoms with Gasteiger partial charge in [0.25, 0.3) is 11.8 Å². The van der Waals surface area contributed by atoms with Gasteiger partial charge in [-0.3, -0.25) is 14.4 Å². The van der Waals surface area contributed by atoms with Crippen molar-refractivity contribution in [1.29, 1.82) is 0 Å². The fraction of sp³-hybridized carbons (Fsp3) is 0.250. The lowest BCUT2D eigenvalue weighted by molar-refractivity contribution is -0.146. The first-order valence-electron chi connectivity index (χ1n) is 8.46. The summed E-state index contributed by atoms with van der Waals surface area (Å²) < 4.78 is 15.2. The maximum Gasteiger partial charge on any atom is 0.325 e. The van der Waals surface area contributed by atoms with Crippen LogP contribution in [0.1, 0.15) is 15.9 Å². The zero-order chi connectivity index (χ0) is 20.5. The van der Waals surface area contributed by atoms with Gasteiger partial charge in [0.2, 0.25) is 0 Å². The summed E-state index contributed by atoms with van der Waals surface area (Å²) in [6.45, 7) is 1.01. The van der Waals surface area contributed by atoms with Gasteiger partial charge in [-0.1, -0.05) is 18.2 Å². The number of aryl methyl sites for hydroxylation is 1. The maximum atomic E-state index is 12.1. The number of para-hydroxylation sites is 1. The zero-order valence-corrected chi connectivity index (χ0v) is 15.9. The van der Waals surface area contributed by atoms with E-state index in [-0.39, 0.29) is 6.54 Å². The molecule has 8 nitrogen and oxygen atoms in total. The lowest BCUT2D eigenvalue weighted by Gasteiger charge is -2.11. The van der Waals surface area contributed by atoms with Crippen LogP contribution in [0.15, 0.2) is 42.5 Å². The first kappa shape index (κ1) is 20.8. The molecule has 0 aromatic heterocycles. The number of ether oxygens (including phenoxy) is 3. The molecule has 2 N–H and O–H groups in total. The van der Waals surface area contributed by atoms with E-state index in [1.807, 2.05) is 13.0 Å². The molecule has 0 saturated heterocycles. The second kappa shape index (κ2) is 9.96. The largest absolute Gasteiger partial charge is 0.496 e. The predicted molar refractivity (Wildman–Crippen MR) is 103 cm³/mol. The summed E-state index contributed by atoms with van der Waals surface area (Å²) in [5.74, 6) is -0.861. The first-order chi connectivity index (χ1) is 13.4. The van der Waals surface area contributed by atoms with Crippen LogP contribution in [-0.2, 0) is 14.3 Å². The number of carbonyl (C=O) groups excluding carboxylic acids is 3. The Bertz CT molecular complexity index is 866. The molecule has 0 bridgehead atoms. The van der Waals surface area contributed by atoms with Crippen molar-refractivity contribution >= 4 is 23.5 Å². The molecule has 0 heterocycles. The van der Waals surface area contributed by atoms with Gasteiger partial charge in [0.05, 0.1) is 25.5 Å². The Morgan fingerprint density at radius 1 is 0.964 bits per heavy atom. The van der Waals surface area contributed by atoms with E-state index in [9.17, 15) is 14.4 Å². The minimum atomic E-state index is -0.741. The normalized spacial score (nSPS) is 9.96. The fourth-order valence-corrected chi connectivity index (χ4v) is 2.38. The van der Waals surface area contributed by atoms with Crippen LogP contribution in [-0.4, -0.2) is 45.2 Å². The van der Waals surface area contributed by atoms with Gasteiger partial charge in [-0.2, -0.15) is 0 Å². The highest BCUT2D eigenvalue weighted by Crippen LogP contribution is 2.25. The lowest BCUT2D eigenvalue weighted by atomic mass is 10.2. The van der Waals surface area contributed by atoms with Crippen molar-refractivity contribution in [2.24, 2.45) is 0 Å². The van der Waals surface area contributed by atoms with Crippen LogP contribution in [0.2, 0.25) is 0 Å². The first-order valence-corrected chi connectivity index (χ1v) is 8.46. The Morgan fingerprint density at radius 3 is 2.39 bits per heavy atom. The molecule has 0 spiro atoms. The third-order valence-corrected chi connectivity index (χ3v) is 3.74. The Morgan fingerprint density at radius 2 is 1.68 bits per heavy atom. The maximum absolute atomic E-state index is 12.1. The van der Waals surface area contributed by atoms with Crippen LogP contribution < -0.4 is 20.1 Å². The molecule has 0 atom stereocenters. The van der Waals surface area contributed by atoms with Crippen molar-refractivity contribution in [2.75, 3.05) is 32.7 Å². The molecule has 148 valence electrons. The summed E-state index contributed by atoms with van der Waals surface area (Å²) >= 11 is 0. The third-order valence-electron chi connectivity index (χ3n) is 3.74. The van der Waals surface area contributed by atoms with Crippen molar-refractivity contribution in [3.05, 3.63) is 53.6 Å². The molecule has 0 fully saturated rings. The molecule has 0 aliphatic heterocycles. The monoisotopic (exact) mass is 386 g/mol. The molecular weight excluding hydrogens is 364 g/mol. The van der Waals surface area contributed by atoms with Gasteiger partial charge < -0.3 is 24.8 Å². The van der Waals surface area contributed by atoms with E-state index in [1.54, 1.807) is 36.4 Å². The molecule has 0 saturated carbocycles. The summed E-state index contributed by atoms with van der Waals surface area (Å²) in [5.41, 5.74) is 1.71. The summed E-state index contributed by atoms with van der Waals surface area (Å²) in [5, 5.41) is 5.05. The number of rotatable bonds is 8. The van der Waals surface area contributed by atoms with Gasteiger partial charge in [-0.05, 0) is 36.8 Å². The standard InChI is InChI=1S/C20H22N2O6/c1-13-8-9-17(27-3)15(10-13)22-18(23)12-28-19(24)11-21-20(25)14-6-4-5-7-16(14)26-2/h4-10H,11-12H2,1-3H3,(H,21,25)(H,22,23). The molecule has 2 aromatic rings. The molecular formula is C20H22N2O6. The average molecular weight is 386 g/mol. The molecule has 28 heavy (non-hydrogen) atoms. The molecule has 2 amide bonds. The number of carbonyl (C=O) groups is 3. The van der Waals surface area contributed by atoms with E-state index in [0.717, 1.165) is 5.56 Å². The van der Waals surface area contributed by atoms with E-state index in [2.05, 4.69) is 10.6 Å². The number of nitrogens with one attached hydrogen (secondary N) is 2. The number of anilines is 1. The lowest BCUT2D eigenvalue weighted by Crippen LogP contribution is -2.32. The van der Waals surface area contributed by atoms with E-state index in [4.69, 9.17) is 14.2 Å². The number of esters is 1. The van der Waals surface area contributed by atoms with Gasteiger partial charge in [-0.25, -0.2) is 0 Å². The molecule has 0 aliphatic carbocycles. The minimum absolute atomic E-state index is 0.294. The van der Waals surface area contributed by atoms with Crippen molar-refractivity contribution in [1.82, 2.24) is 5.32 Å². The van der Waals surface area contributed by atoms with Gasteiger partial charge in [0.15, 0.2) is 6.61 Å². The number of amides is 2. The smallest absolute Gasteiger partial charge is 0.325 e. The van der Waals surface area contributed by atoms with Crippen molar-refractivity contribution in [3.63, 3.8) is 0 Å². The Kier molecular flexibility index (Phi) is 7.38. The molecule has 0 unspecified atom stereocenters. The Balaban J connectivity index is 1.81. The molecule has 2 rings (SSSR count). The van der Waals surface area contributed by atoms with Crippen molar-refractivity contribution in [2.45, 2.75) is 6.92 Å². The highest BCUT2D eigenvalue weighted by molar-refractivity contribution is 5.98. The quantitative estimate of drug-likeness (QED) is 0.672. The van der Waals surface area contributed by atoms with Crippen molar-refractivity contribution < 1.29 is 28.6 Å². The van der Waals surface area contributed by atoms with E-state index in [1.165, 1.54) is 14.2 Å². The number of benzene rings is 2. The number of hydrogen-bond acceptors (Lipinski definition) is 6. The van der Waals surface area contributed by atoms with Crippen LogP contribution in [0.3, 0.4) is 0 Å². The minimum Gasteiger partial charge on any atom is -0.496 e. The van der Waals surface area contributed by atoms with Crippen LogP contribution in [0, 0.1) is 6.92 Å². The second-order valence-corrected chi connectivity index (χ2v) is 5.80. The number of methoxy groups -OCH3 is 2. The Labute approximate surface area is 162 Å². The summed E-state index contributed by atoms with van der Waals surface area (Å²) in [7, 11) is 2.94. The van der Waals surface area contributed by atoms with Crippen LogP contribution in [0.4, 0.5) is 5.69 Å². The summed E-state index contributed by atoms with van der Waals surface area (Å²) in [6, 6.07) is 11.9. The van der Waals surface area contributed by atoms with Gasteiger partial charge in [-0.15, -0.1) is 0 Å². The third kappa shape index (κ3) is 5.73. The van der Waals surface area contributed by atoms with Gasteiger partial charge in [0, 0.05) is 0 Å². The molecule has 0 radical (unpaired) electrons. The fourth-order valence-electron chi connectivity index (χ4n) is 2.38. The Hall–Kier alpha value is -3.55. The highest BCUT2D eigenvalue weighted by Gasteiger charge is 2.14. The average Bonchev–Trinajstić information content (AvgIpc) is 2.70.